The topological polar surface area (TPSA) is 66.4 Å². The fourth-order valence-electron chi connectivity index (χ4n) is 1.21. The summed E-state index contributed by atoms with van der Waals surface area (Å²) in [5.74, 6) is -1.18. The first-order chi connectivity index (χ1) is 8.08. The molecule has 4 nitrogen and oxygen atoms in total. The molecule has 1 amide bonds. The third kappa shape index (κ3) is 3.03. The molecule has 0 bridgehead atoms. The van der Waals surface area contributed by atoms with Gasteiger partial charge in [-0.1, -0.05) is 0 Å². The summed E-state index contributed by atoms with van der Waals surface area (Å²) in [6, 6.07) is 1.78. The number of amides is 1. The lowest BCUT2D eigenvalue weighted by Crippen LogP contribution is -2.56. The van der Waals surface area contributed by atoms with Gasteiger partial charge < -0.3 is 10.4 Å². The van der Waals surface area contributed by atoms with E-state index in [-0.39, 0.29) is 5.91 Å². The van der Waals surface area contributed by atoms with Crippen molar-refractivity contribution in [2.24, 2.45) is 5.41 Å². The zero-order valence-corrected chi connectivity index (χ0v) is 13.7. The maximum Gasteiger partial charge on any atom is 0.311 e. The van der Waals surface area contributed by atoms with Crippen LogP contribution in [0.25, 0.3) is 0 Å². The Labute approximate surface area is 124 Å². The highest BCUT2D eigenvalue weighted by Gasteiger charge is 2.44. The molecular formula is C12H16INO3S. The molecule has 1 aromatic rings. The molecule has 1 aromatic heterocycles. The number of aliphatic carboxylic acids is 1. The first kappa shape index (κ1) is 15.4. The second kappa shape index (κ2) is 5.16. The van der Waals surface area contributed by atoms with E-state index in [0.717, 1.165) is 2.88 Å². The van der Waals surface area contributed by atoms with Crippen LogP contribution in [0.2, 0.25) is 0 Å². The number of rotatable bonds is 4. The monoisotopic (exact) mass is 381 g/mol. The molecule has 0 aliphatic carbocycles. The molecule has 1 heterocycles. The second-order valence-corrected chi connectivity index (χ2v) is 7.95. The van der Waals surface area contributed by atoms with Crippen molar-refractivity contribution in [2.75, 3.05) is 0 Å². The molecule has 1 rings (SSSR count). The third-order valence-corrected chi connectivity index (χ3v) is 5.14. The summed E-state index contributed by atoms with van der Waals surface area (Å²) in [5, 5.41) is 13.8. The average molecular weight is 381 g/mol. The van der Waals surface area contributed by atoms with Gasteiger partial charge in [0.25, 0.3) is 5.91 Å². The molecule has 0 radical (unpaired) electrons. The van der Waals surface area contributed by atoms with Crippen LogP contribution in [0, 0.1) is 8.30 Å². The van der Waals surface area contributed by atoms with Gasteiger partial charge in [0.15, 0.2) is 0 Å². The van der Waals surface area contributed by atoms with Crippen LogP contribution >= 0.6 is 33.9 Å². The number of thiophene rings is 1. The molecule has 0 saturated carbocycles. The summed E-state index contributed by atoms with van der Waals surface area (Å²) >= 11 is 3.62. The number of carboxylic acid groups (broad SMARTS) is 1. The summed E-state index contributed by atoms with van der Waals surface area (Å²) in [6.45, 7) is 6.65. The minimum absolute atomic E-state index is 0.242. The van der Waals surface area contributed by atoms with Gasteiger partial charge in [-0.15, -0.1) is 11.3 Å². The van der Waals surface area contributed by atoms with Gasteiger partial charge in [0, 0.05) is 5.38 Å². The average Bonchev–Trinajstić information content (AvgIpc) is 2.63. The lowest BCUT2D eigenvalue weighted by Gasteiger charge is -2.38. The van der Waals surface area contributed by atoms with Crippen LogP contribution < -0.4 is 5.32 Å². The fourth-order valence-corrected chi connectivity index (χ4v) is 2.54. The number of carbonyl (C=O) groups is 2. The van der Waals surface area contributed by atoms with Gasteiger partial charge in [-0.2, -0.15) is 0 Å². The molecular weight excluding hydrogens is 365 g/mol. The van der Waals surface area contributed by atoms with E-state index in [0.29, 0.717) is 5.56 Å². The smallest absolute Gasteiger partial charge is 0.311 e. The molecule has 0 atom stereocenters. The van der Waals surface area contributed by atoms with Crippen LogP contribution in [0.5, 0.6) is 0 Å². The molecule has 0 spiro atoms. The molecule has 6 heteroatoms. The first-order valence-corrected chi connectivity index (χ1v) is 7.34. The number of carbonyl (C=O) groups excluding carboxylic acids is 1. The van der Waals surface area contributed by atoms with E-state index < -0.39 is 16.9 Å². The van der Waals surface area contributed by atoms with Crippen LogP contribution in [0.15, 0.2) is 11.4 Å². The number of nitrogens with one attached hydrogen (secondary N) is 1. The van der Waals surface area contributed by atoms with E-state index in [9.17, 15) is 14.7 Å². The van der Waals surface area contributed by atoms with Crippen LogP contribution in [0.3, 0.4) is 0 Å². The van der Waals surface area contributed by atoms with Crippen LogP contribution in [0.4, 0.5) is 0 Å². The maximum atomic E-state index is 12.0. The van der Waals surface area contributed by atoms with Crippen molar-refractivity contribution in [2.45, 2.75) is 33.2 Å². The molecule has 18 heavy (non-hydrogen) atoms. The van der Waals surface area contributed by atoms with E-state index in [2.05, 4.69) is 27.9 Å². The summed E-state index contributed by atoms with van der Waals surface area (Å²) < 4.78 is 1.02. The van der Waals surface area contributed by atoms with Crippen molar-refractivity contribution >= 4 is 45.8 Å². The molecule has 2 N–H and O–H groups in total. The molecule has 0 aliphatic heterocycles. The van der Waals surface area contributed by atoms with Crippen LogP contribution in [-0.4, -0.2) is 22.5 Å². The van der Waals surface area contributed by atoms with Gasteiger partial charge in [-0.05, 0) is 56.4 Å². The van der Waals surface area contributed by atoms with Gasteiger partial charge in [-0.25, -0.2) is 0 Å². The number of hydrogen-bond acceptors (Lipinski definition) is 3. The zero-order valence-electron chi connectivity index (χ0n) is 10.7. The number of carboxylic acids is 1. The Morgan fingerprint density at radius 2 is 1.89 bits per heavy atom. The number of hydrogen-bond donors (Lipinski definition) is 2. The molecule has 0 unspecified atom stereocenters. The van der Waals surface area contributed by atoms with Crippen LogP contribution in [0.1, 0.15) is 38.1 Å². The summed E-state index contributed by atoms with van der Waals surface area (Å²) in [7, 11) is 0. The van der Waals surface area contributed by atoms with Crippen molar-refractivity contribution in [1.29, 1.82) is 0 Å². The fraction of sp³-hybridized carbons (Fsp3) is 0.500. The SMILES string of the molecule is CC(C)(NC(=O)c1csc(I)c1)C(C)(C)C(=O)O. The molecule has 0 aromatic carbocycles. The van der Waals surface area contributed by atoms with E-state index >= 15 is 0 Å². The second-order valence-electron chi connectivity index (χ2n) is 5.15. The Bertz CT molecular complexity index is 479. The van der Waals surface area contributed by atoms with Crippen molar-refractivity contribution in [1.82, 2.24) is 5.32 Å². The normalized spacial score (nSPS) is 12.3. The first-order valence-electron chi connectivity index (χ1n) is 5.38. The molecule has 0 aliphatic rings. The maximum absolute atomic E-state index is 12.0. The van der Waals surface area contributed by atoms with Gasteiger partial charge >= 0.3 is 5.97 Å². The van der Waals surface area contributed by atoms with E-state index in [1.807, 2.05) is 0 Å². The number of halogens is 1. The van der Waals surface area contributed by atoms with E-state index in [1.165, 1.54) is 11.3 Å². The van der Waals surface area contributed by atoms with Gasteiger partial charge in [0.2, 0.25) is 0 Å². The Kier molecular flexibility index (Phi) is 4.42. The lowest BCUT2D eigenvalue weighted by molar-refractivity contribution is -0.150. The quantitative estimate of drug-likeness (QED) is 0.789. The predicted molar refractivity (Wildman–Crippen MR) is 80.0 cm³/mol. The largest absolute Gasteiger partial charge is 0.481 e. The van der Waals surface area contributed by atoms with Crippen molar-refractivity contribution < 1.29 is 14.7 Å². The highest BCUT2D eigenvalue weighted by molar-refractivity contribution is 14.1. The highest BCUT2D eigenvalue weighted by atomic mass is 127. The minimum atomic E-state index is -1.05. The predicted octanol–water partition coefficient (Wildman–Crippen LogP) is 2.97. The van der Waals surface area contributed by atoms with Crippen LogP contribution in [-0.2, 0) is 4.79 Å². The third-order valence-electron chi connectivity index (χ3n) is 3.35. The Hall–Kier alpha value is -0.630. The highest BCUT2D eigenvalue weighted by Crippen LogP contribution is 2.31. The zero-order chi connectivity index (χ0) is 14.1. The summed E-state index contributed by atoms with van der Waals surface area (Å²) in [6.07, 6.45) is 0. The van der Waals surface area contributed by atoms with Gasteiger partial charge in [0.1, 0.15) is 0 Å². The van der Waals surface area contributed by atoms with Gasteiger partial charge in [-0.3, -0.25) is 9.59 Å². The standard InChI is InChI=1S/C12H16INO3S/c1-11(2,10(16)17)12(3,4)14-9(15)7-5-8(13)18-6-7/h5-6H,1-4H3,(H,14,15)(H,16,17). The molecule has 0 saturated heterocycles. The minimum Gasteiger partial charge on any atom is -0.481 e. The van der Waals surface area contributed by atoms with E-state index in [4.69, 9.17) is 0 Å². The molecule has 0 fully saturated rings. The summed E-state index contributed by atoms with van der Waals surface area (Å²) in [5.41, 5.74) is -1.33. The van der Waals surface area contributed by atoms with E-state index in [1.54, 1.807) is 39.1 Å². The Morgan fingerprint density at radius 1 is 1.33 bits per heavy atom. The van der Waals surface area contributed by atoms with Crippen molar-refractivity contribution in [3.8, 4) is 0 Å². The van der Waals surface area contributed by atoms with Crippen molar-refractivity contribution in [3.63, 3.8) is 0 Å². The van der Waals surface area contributed by atoms with Crippen molar-refractivity contribution in [3.05, 3.63) is 19.9 Å². The molecule has 100 valence electrons. The van der Waals surface area contributed by atoms with Gasteiger partial charge in [0.05, 0.1) is 19.4 Å². The summed E-state index contributed by atoms with van der Waals surface area (Å²) in [4.78, 5) is 23.3. The lowest BCUT2D eigenvalue weighted by atomic mass is 9.74. The Balaban J connectivity index is 2.90. The Morgan fingerprint density at radius 3 is 2.28 bits per heavy atom.